The molecule has 1 rings (SSSR count). The van der Waals surface area contributed by atoms with Crippen molar-refractivity contribution in [3.63, 3.8) is 0 Å². The van der Waals surface area contributed by atoms with Crippen LogP contribution in [0.25, 0.3) is 0 Å². The van der Waals surface area contributed by atoms with Crippen LogP contribution in [0.15, 0.2) is 22.7 Å². The number of aliphatic hydroxyl groups excluding tert-OH is 1. The van der Waals surface area contributed by atoms with Gasteiger partial charge in [-0.25, -0.2) is 4.39 Å². The second-order valence-corrected chi connectivity index (χ2v) is 6.01. The molecule has 0 spiro atoms. The van der Waals surface area contributed by atoms with Gasteiger partial charge in [-0.1, -0.05) is 36.7 Å². The molecule has 16 heavy (non-hydrogen) atoms. The van der Waals surface area contributed by atoms with Crippen molar-refractivity contribution in [2.45, 2.75) is 39.7 Å². The Hall–Kier alpha value is -0.410. The summed E-state index contributed by atoms with van der Waals surface area (Å²) in [7, 11) is 0. The number of hydrogen-bond donors (Lipinski definition) is 1. The fourth-order valence-corrected chi connectivity index (χ4v) is 1.91. The molecule has 0 saturated heterocycles. The van der Waals surface area contributed by atoms with Crippen LogP contribution in [0.1, 0.15) is 32.8 Å². The van der Waals surface area contributed by atoms with Crippen molar-refractivity contribution in [2.75, 3.05) is 0 Å². The van der Waals surface area contributed by atoms with E-state index in [4.69, 9.17) is 0 Å². The molecule has 90 valence electrons. The summed E-state index contributed by atoms with van der Waals surface area (Å²) < 4.78 is 13.9. The van der Waals surface area contributed by atoms with Crippen LogP contribution in [0.5, 0.6) is 0 Å². The van der Waals surface area contributed by atoms with Gasteiger partial charge >= 0.3 is 0 Å². The smallest absolute Gasteiger partial charge is 0.123 e. The summed E-state index contributed by atoms with van der Waals surface area (Å²) in [5.41, 5.74) is 0.781. The summed E-state index contributed by atoms with van der Waals surface area (Å²) in [4.78, 5) is 0. The standard InChI is InChI=1S/C13H18BrFO/c1-13(2,3)12(16)7-4-9-8-10(15)5-6-11(9)14/h5-6,8,12,16H,4,7H2,1-3H3. The number of rotatable bonds is 3. The maximum atomic E-state index is 13.0. The Bertz CT molecular complexity index is 357. The van der Waals surface area contributed by atoms with Crippen LogP contribution in [0.4, 0.5) is 4.39 Å². The maximum absolute atomic E-state index is 13.0. The van der Waals surface area contributed by atoms with E-state index in [0.29, 0.717) is 12.8 Å². The van der Waals surface area contributed by atoms with E-state index in [1.807, 2.05) is 20.8 Å². The van der Waals surface area contributed by atoms with E-state index in [9.17, 15) is 9.50 Å². The van der Waals surface area contributed by atoms with Gasteiger partial charge in [-0.05, 0) is 42.0 Å². The lowest BCUT2D eigenvalue weighted by atomic mass is 9.86. The summed E-state index contributed by atoms with van der Waals surface area (Å²) in [6.07, 6.45) is 0.949. The van der Waals surface area contributed by atoms with Gasteiger partial charge in [0.2, 0.25) is 0 Å². The predicted molar refractivity (Wildman–Crippen MR) is 67.9 cm³/mol. The molecular formula is C13H18BrFO. The van der Waals surface area contributed by atoms with Gasteiger partial charge in [0.15, 0.2) is 0 Å². The molecule has 0 amide bonds. The lowest BCUT2D eigenvalue weighted by molar-refractivity contribution is 0.0559. The largest absolute Gasteiger partial charge is 0.393 e. The van der Waals surface area contributed by atoms with Crippen molar-refractivity contribution >= 4 is 15.9 Å². The van der Waals surface area contributed by atoms with Gasteiger partial charge in [0.05, 0.1) is 6.10 Å². The fraction of sp³-hybridized carbons (Fsp3) is 0.538. The summed E-state index contributed by atoms with van der Waals surface area (Å²) in [6, 6.07) is 4.64. The van der Waals surface area contributed by atoms with E-state index in [1.165, 1.54) is 12.1 Å². The molecule has 1 unspecified atom stereocenters. The zero-order valence-electron chi connectivity index (χ0n) is 9.93. The first-order chi connectivity index (χ1) is 7.30. The van der Waals surface area contributed by atoms with Gasteiger partial charge in [-0.3, -0.25) is 0 Å². The van der Waals surface area contributed by atoms with E-state index >= 15 is 0 Å². The first-order valence-corrected chi connectivity index (χ1v) is 6.22. The quantitative estimate of drug-likeness (QED) is 0.894. The fourth-order valence-electron chi connectivity index (χ4n) is 1.46. The molecule has 0 radical (unpaired) electrons. The lowest BCUT2D eigenvalue weighted by Gasteiger charge is -2.25. The van der Waals surface area contributed by atoms with E-state index < -0.39 is 0 Å². The SMILES string of the molecule is CC(C)(C)C(O)CCc1cc(F)ccc1Br. The molecule has 1 atom stereocenters. The monoisotopic (exact) mass is 288 g/mol. The Labute approximate surface area is 105 Å². The Morgan fingerprint density at radius 2 is 2.00 bits per heavy atom. The molecule has 0 aromatic heterocycles. The zero-order chi connectivity index (χ0) is 12.3. The second kappa shape index (κ2) is 5.28. The Morgan fingerprint density at radius 1 is 1.38 bits per heavy atom. The van der Waals surface area contributed by atoms with Crippen LogP contribution < -0.4 is 0 Å². The average molecular weight is 289 g/mol. The van der Waals surface area contributed by atoms with Crippen molar-refractivity contribution < 1.29 is 9.50 Å². The lowest BCUT2D eigenvalue weighted by Crippen LogP contribution is -2.26. The Balaban J connectivity index is 2.64. The van der Waals surface area contributed by atoms with Gasteiger partial charge in [-0.15, -0.1) is 0 Å². The summed E-state index contributed by atoms with van der Waals surface area (Å²) in [5.74, 6) is -0.233. The Kier molecular flexibility index (Phi) is 4.51. The zero-order valence-corrected chi connectivity index (χ0v) is 11.5. The summed E-state index contributed by atoms with van der Waals surface area (Å²) in [5, 5.41) is 9.90. The molecule has 1 aromatic rings. The molecule has 0 aliphatic heterocycles. The van der Waals surface area contributed by atoms with Crippen molar-refractivity contribution in [3.05, 3.63) is 34.1 Å². The molecule has 3 heteroatoms. The maximum Gasteiger partial charge on any atom is 0.123 e. The van der Waals surface area contributed by atoms with Crippen LogP contribution in [-0.2, 0) is 6.42 Å². The number of aryl methyl sites for hydroxylation is 1. The van der Waals surface area contributed by atoms with Crippen LogP contribution in [-0.4, -0.2) is 11.2 Å². The molecule has 0 aliphatic rings. The van der Waals surface area contributed by atoms with E-state index in [1.54, 1.807) is 6.07 Å². The normalized spacial score (nSPS) is 13.9. The second-order valence-electron chi connectivity index (χ2n) is 5.16. The first kappa shape index (κ1) is 13.7. The molecule has 0 bridgehead atoms. The third kappa shape index (κ3) is 3.87. The number of halogens is 2. The minimum absolute atomic E-state index is 0.125. The number of benzene rings is 1. The van der Waals surface area contributed by atoms with Crippen molar-refractivity contribution in [3.8, 4) is 0 Å². The van der Waals surface area contributed by atoms with Crippen LogP contribution in [0.2, 0.25) is 0 Å². The molecular weight excluding hydrogens is 271 g/mol. The third-order valence-electron chi connectivity index (χ3n) is 2.69. The molecule has 1 aromatic carbocycles. The topological polar surface area (TPSA) is 20.2 Å². The van der Waals surface area contributed by atoms with Gasteiger partial charge in [0.25, 0.3) is 0 Å². The van der Waals surface area contributed by atoms with E-state index in [-0.39, 0.29) is 17.3 Å². The molecule has 0 saturated carbocycles. The average Bonchev–Trinajstić information content (AvgIpc) is 2.17. The van der Waals surface area contributed by atoms with Gasteiger partial charge < -0.3 is 5.11 Å². The molecule has 1 nitrogen and oxygen atoms in total. The number of hydrogen-bond acceptors (Lipinski definition) is 1. The van der Waals surface area contributed by atoms with Gasteiger partial charge in [0.1, 0.15) is 5.82 Å². The Morgan fingerprint density at radius 3 is 2.56 bits per heavy atom. The highest BCUT2D eigenvalue weighted by Crippen LogP contribution is 2.25. The first-order valence-electron chi connectivity index (χ1n) is 5.42. The summed E-state index contributed by atoms with van der Waals surface area (Å²) in [6.45, 7) is 5.99. The van der Waals surface area contributed by atoms with Gasteiger partial charge in [0, 0.05) is 4.47 Å². The third-order valence-corrected chi connectivity index (χ3v) is 3.47. The van der Waals surface area contributed by atoms with Gasteiger partial charge in [-0.2, -0.15) is 0 Å². The minimum Gasteiger partial charge on any atom is -0.393 e. The highest BCUT2D eigenvalue weighted by molar-refractivity contribution is 9.10. The number of aliphatic hydroxyl groups is 1. The van der Waals surface area contributed by atoms with Crippen LogP contribution >= 0.6 is 15.9 Å². The van der Waals surface area contributed by atoms with E-state index in [2.05, 4.69) is 15.9 Å². The van der Waals surface area contributed by atoms with Crippen molar-refractivity contribution in [1.29, 1.82) is 0 Å². The minimum atomic E-state index is -0.373. The molecule has 0 aliphatic carbocycles. The molecule has 1 N–H and O–H groups in total. The highest BCUT2D eigenvalue weighted by Gasteiger charge is 2.21. The molecule has 0 fully saturated rings. The van der Waals surface area contributed by atoms with Crippen LogP contribution in [0, 0.1) is 11.2 Å². The van der Waals surface area contributed by atoms with Crippen molar-refractivity contribution in [2.24, 2.45) is 5.41 Å². The van der Waals surface area contributed by atoms with Crippen molar-refractivity contribution in [1.82, 2.24) is 0 Å². The highest BCUT2D eigenvalue weighted by atomic mass is 79.9. The van der Waals surface area contributed by atoms with E-state index in [0.717, 1.165) is 10.0 Å². The molecule has 0 heterocycles. The van der Waals surface area contributed by atoms with Crippen LogP contribution in [0.3, 0.4) is 0 Å². The predicted octanol–water partition coefficient (Wildman–Crippen LogP) is 3.93. The summed E-state index contributed by atoms with van der Waals surface area (Å²) >= 11 is 3.38.